The molecule has 19 heavy (non-hydrogen) atoms. The molecule has 0 amide bonds. The summed E-state index contributed by atoms with van der Waals surface area (Å²) in [6.07, 6.45) is 2.09. The Morgan fingerprint density at radius 1 is 1.63 bits per heavy atom. The first-order valence-electron chi connectivity index (χ1n) is 6.50. The minimum atomic E-state index is -0.957. The van der Waals surface area contributed by atoms with Crippen molar-refractivity contribution in [2.24, 2.45) is 5.92 Å². The molecule has 0 spiro atoms. The van der Waals surface area contributed by atoms with Gasteiger partial charge in [0.25, 0.3) is 0 Å². The maximum absolute atomic E-state index is 11.2. The lowest BCUT2D eigenvalue weighted by Gasteiger charge is -2.31. The average molecular weight is 284 g/mol. The molecule has 0 aliphatic carbocycles. The summed E-state index contributed by atoms with van der Waals surface area (Å²) < 4.78 is 0. The number of aliphatic hydroxyl groups excluding tert-OH is 1. The van der Waals surface area contributed by atoms with Gasteiger partial charge >= 0.3 is 5.97 Å². The summed E-state index contributed by atoms with van der Waals surface area (Å²) in [5.41, 5.74) is -0.355. The molecule has 1 aromatic heterocycles. The first-order chi connectivity index (χ1) is 8.95. The van der Waals surface area contributed by atoms with Crippen molar-refractivity contribution in [3.8, 4) is 0 Å². The van der Waals surface area contributed by atoms with Crippen LogP contribution in [-0.4, -0.2) is 40.9 Å². The van der Waals surface area contributed by atoms with Crippen LogP contribution in [0.1, 0.15) is 32.4 Å². The fourth-order valence-corrected chi connectivity index (χ4v) is 3.22. The molecule has 1 unspecified atom stereocenters. The topological polar surface area (TPSA) is 73.7 Å². The van der Waals surface area contributed by atoms with E-state index in [9.17, 15) is 15.0 Å². The summed E-state index contributed by atoms with van der Waals surface area (Å²) in [5.74, 6) is -0.565. The van der Waals surface area contributed by atoms with E-state index in [-0.39, 0.29) is 6.61 Å². The van der Waals surface area contributed by atoms with Crippen molar-refractivity contribution >= 4 is 22.4 Å². The smallest absolute Gasteiger partial charge is 0.315 e. The zero-order valence-corrected chi connectivity index (χ0v) is 12.1. The van der Waals surface area contributed by atoms with Crippen molar-refractivity contribution in [3.63, 3.8) is 0 Å². The molecule has 0 bridgehead atoms. The summed E-state index contributed by atoms with van der Waals surface area (Å²) in [6.45, 7) is 5.27. The van der Waals surface area contributed by atoms with Crippen molar-refractivity contribution in [2.45, 2.75) is 32.1 Å². The number of hydrogen-bond acceptors (Lipinski definition) is 5. The highest BCUT2D eigenvalue weighted by atomic mass is 32.1. The molecule has 2 rings (SSSR count). The van der Waals surface area contributed by atoms with E-state index < -0.39 is 11.4 Å². The average Bonchev–Trinajstić information content (AvgIpc) is 2.89. The third-order valence-corrected chi connectivity index (χ3v) is 4.62. The van der Waals surface area contributed by atoms with Crippen LogP contribution in [0, 0.1) is 5.92 Å². The molecule has 6 heteroatoms. The zero-order valence-electron chi connectivity index (χ0n) is 11.3. The zero-order chi connectivity index (χ0) is 14.0. The summed E-state index contributed by atoms with van der Waals surface area (Å²) in [6, 6.07) is 0. The lowest BCUT2D eigenvalue weighted by Crippen LogP contribution is -2.37. The maximum Gasteiger partial charge on any atom is 0.315 e. The first-order valence-corrected chi connectivity index (χ1v) is 7.38. The highest BCUT2D eigenvalue weighted by Gasteiger charge is 2.33. The molecule has 1 atom stereocenters. The number of piperidine rings is 1. The van der Waals surface area contributed by atoms with Gasteiger partial charge in [0.1, 0.15) is 5.41 Å². The molecular weight excluding hydrogens is 264 g/mol. The first kappa shape index (κ1) is 14.3. The van der Waals surface area contributed by atoms with Gasteiger partial charge in [-0.15, -0.1) is 11.3 Å². The van der Waals surface area contributed by atoms with Gasteiger partial charge < -0.3 is 15.1 Å². The number of rotatable bonds is 4. The number of aliphatic carboxylic acids is 1. The molecule has 1 saturated heterocycles. The van der Waals surface area contributed by atoms with E-state index in [0.717, 1.165) is 31.1 Å². The number of aliphatic hydroxyl groups is 1. The number of carboxylic acid groups (broad SMARTS) is 1. The standard InChI is InChI=1S/C13H20N2O3S/c1-13(2,11(17)18)10-8-19-12(14-10)15-5-3-4-9(6-15)7-16/h8-9,16H,3-7H2,1-2H3,(H,17,18). The Labute approximate surface area is 116 Å². The summed E-state index contributed by atoms with van der Waals surface area (Å²) in [5, 5.41) is 21.1. The normalized spacial score (nSPS) is 20.6. The van der Waals surface area contributed by atoms with Crippen LogP contribution in [0.25, 0.3) is 0 Å². The molecule has 0 saturated carbocycles. The van der Waals surface area contributed by atoms with Crippen molar-refractivity contribution in [2.75, 3.05) is 24.6 Å². The van der Waals surface area contributed by atoms with E-state index in [1.165, 1.54) is 11.3 Å². The number of anilines is 1. The fourth-order valence-electron chi connectivity index (χ4n) is 2.19. The van der Waals surface area contributed by atoms with Crippen LogP contribution in [0.2, 0.25) is 0 Å². The largest absolute Gasteiger partial charge is 0.481 e. The Balaban J connectivity index is 2.15. The third kappa shape index (κ3) is 2.90. The number of nitrogens with zero attached hydrogens (tertiary/aromatic N) is 2. The van der Waals surface area contributed by atoms with Gasteiger partial charge in [-0.2, -0.15) is 0 Å². The molecule has 2 N–H and O–H groups in total. The second-order valence-corrected chi connectivity index (χ2v) is 6.42. The number of aromatic nitrogens is 1. The second kappa shape index (κ2) is 5.46. The fraction of sp³-hybridized carbons (Fsp3) is 0.692. The van der Waals surface area contributed by atoms with Crippen molar-refractivity contribution in [3.05, 3.63) is 11.1 Å². The Morgan fingerprint density at radius 2 is 2.37 bits per heavy atom. The van der Waals surface area contributed by atoms with Crippen LogP contribution < -0.4 is 4.90 Å². The molecule has 2 heterocycles. The lowest BCUT2D eigenvalue weighted by molar-refractivity contribution is -0.142. The van der Waals surface area contributed by atoms with Crippen LogP contribution in [0.15, 0.2) is 5.38 Å². The highest BCUT2D eigenvalue weighted by molar-refractivity contribution is 7.13. The number of thiazole rings is 1. The Morgan fingerprint density at radius 3 is 3.00 bits per heavy atom. The SMILES string of the molecule is CC(C)(C(=O)O)c1csc(N2CCCC(CO)C2)n1. The van der Waals surface area contributed by atoms with E-state index in [1.54, 1.807) is 13.8 Å². The van der Waals surface area contributed by atoms with Crippen molar-refractivity contribution in [1.82, 2.24) is 4.98 Å². The molecule has 1 aliphatic rings. The minimum absolute atomic E-state index is 0.204. The Hall–Kier alpha value is -1.14. The highest BCUT2D eigenvalue weighted by Crippen LogP contribution is 2.31. The van der Waals surface area contributed by atoms with E-state index >= 15 is 0 Å². The van der Waals surface area contributed by atoms with Gasteiger partial charge in [0.2, 0.25) is 0 Å². The summed E-state index contributed by atoms with van der Waals surface area (Å²) in [7, 11) is 0. The second-order valence-electron chi connectivity index (χ2n) is 5.58. The van der Waals surface area contributed by atoms with Crippen LogP contribution in [-0.2, 0) is 10.2 Å². The van der Waals surface area contributed by atoms with Crippen molar-refractivity contribution in [1.29, 1.82) is 0 Å². The lowest BCUT2D eigenvalue weighted by atomic mass is 9.90. The predicted molar refractivity (Wildman–Crippen MR) is 74.8 cm³/mol. The molecule has 0 aromatic carbocycles. The number of carbonyl (C=O) groups is 1. The Bertz CT molecular complexity index is 458. The quantitative estimate of drug-likeness (QED) is 0.880. The molecule has 1 aromatic rings. The number of hydrogen-bond donors (Lipinski definition) is 2. The van der Waals surface area contributed by atoms with Crippen LogP contribution >= 0.6 is 11.3 Å². The van der Waals surface area contributed by atoms with Crippen LogP contribution in [0.5, 0.6) is 0 Å². The van der Waals surface area contributed by atoms with E-state index in [2.05, 4.69) is 9.88 Å². The molecule has 5 nitrogen and oxygen atoms in total. The maximum atomic E-state index is 11.2. The van der Waals surface area contributed by atoms with Gasteiger partial charge in [-0.05, 0) is 32.6 Å². The van der Waals surface area contributed by atoms with E-state index in [0.29, 0.717) is 11.6 Å². The van der Waals surface area contributed by atoms with Gasteiger partial charge in [-0.1, -0.05) is 0 Å². The van der Waals surface area contributed by atoms with Crippen LogP contribution in [0.4, 0.5) is 5.13 Å². The van der Waals surface area contributed by atoms with Gasteiger partial charge in [-0.3, -0.25) is 4.79 Å². The summed E-state index contributed by atoms with van der Waals surface area (Å²) >= 11 is 1.48. The third-order valence-electron chi connectivity index (χ3n) is 3.71. The van der Waals surface area contributed by atoms with Gasteiger partial charge in [0, 0.05) is 25.1 Å². The minimum Gasteiger partial charge on any atom is -0.481 e. The van der Waals surface area contributed by atoms with Gasteiger partial charge in [0.15, 0.2) is 5.13 Å². The van der Waals surface area contributed by atoms with E-state index in [4.69, 9.17) is 0 Å². The predicted octanol–water partition coefficient (Wildman–Crippen LogP) is 1.71. The monoisotopic (exact) mass is 284 g/mol. The van der Waals surface area contributed by atoms with Gasteiger partial charge in [-0.25, -0.2) is 4.98 Å². The van der Waals surface area contributed by atoms with Crippen molar-refractivity contribution < 1.29 is 15.0 Å². The Kier molecular flexibility index (Phi) is 4.10. The van der Waals surface area contributed by atoms with Crippen LogP contribution in [0.3, 0.4) is 0 Å². The molecule has 1 fully saturated rings. The molecular formula is C13H20N2O3S. The molecule has 0 radical (unpaired) electrons. The number of carboxylic acids is 1. The summed E-state index contributed by atoms with van der Waals surface area (Å²) in [4.78, 5) is 17.9. The molecule has 106 valence electrons. The molecule has 1 aliphatic heterocycles. The van der Waals surface area contributed by atoms with Gasteiger partial charge in [0.05, 0.1) is 5.69 Å². The van der Waals surface area contributed by atoms with E-state index in [1.807, 2.05) is 5.38 Å².